The van der Waals surface area contributed by atoms with Crippen LogP contribution in [0.15, 0.2) is 9.64 Å². The highest BCUT2D eigenvalue weighted by molar-refractivity contribution is 7.99. The van der Waals surface area contributed by atoms with E-state index in [1.807, 2.05) is 20.8 Å². The van der Waals surface area contributed by atoms with Gasteiger partial charge in [-0.1, -0.05) is 11.8 Å². The van der Waals surface area contributed by atoms with Crippen LogP contribution in [-0.4, -0.2) is 45.4 Å². The Balaban J connectivity index is 1.88. The van der Waals surface area contributed by atoms with Gasteiger partial charge in [-0.2, -0.15) is 0 Å². The summed E-state index contributed by atoms with van der Waals surface area (Å²) < 4.78 is 5.46. The van der Waals surface area contributed by atoms with Gasteiger partial charge in [0, 0.05) is 18.0 Å². The number of hydrogen-bond acceptors (Lipinski definition) is 7. The summed E-state index contributed by atoms with van der Waals surface area (Å²) in [4.78, 5) is 34.8. The van der Waals surface area contributed by atoms with Crippen molar-refractivity contribution in [1.82, 2.24) is 26.1 Å². The van der Waals surface area contributed by atoms with E-state index in [9.17, 15) is 14.4 Å². The van der Waals surface area contributed by atoms with E-state index in [-0.39, 0.29) is 46.7 Å². The van der Waals surface area contributed by atoms with Crippen molar-refractivity contribution in [2.75, 3.05) is 5.75 Å². The average molecular weight is 355 g/mol. The molecule has 2 rings (SSSR count). The highest BCUT2D eigenvalue weighted by Gasteiger charge is 2.34. The first-order valence-electron chi connectivity index (χ1n) is 7.51. The third-order valence-electron chi connectivity index (χ3n) is 3.22. The maximum absolute atomic E-state index is 11.9. The molecule has 24 heavy (non-hydrogen) atoms. The molecule has 9 nitrogen and oxygen atoms in total. The number of carbonyl (C=O) groups is 3. The van der Waals surface area contributed by atoms with Crippen molar-refractivity contribution >= 4 is 29.6 Å². The van der Waals surface area contributed by atoms with Crippen molar-refractivity contribution in [3.05, 3.63) is 5.89 Å². The lowest BCUT2D eigenvalue weighted by atomic mass is 9.95. The molecule has 1 aromatic rings. The average Bonchev–Trinajstić information content (AvgIpc) is 2.86. The highest BCUT2D eigenvalue weighted by atomic mass is 32.2. The van der Waals surface area contributed by atoms with Crippen LogP contribution < -0.4 is 16.0 Å². The molecule has 0 aromatic carbocycles. The van der Waals surface area contributed by atoms with Crippen molar-refractivity contribution in [3.63, 3.8) is 0 Å². The zero-order valence-corrected chi connectivity index (χ0v) is 14.8. The third kappa shape index (κ3) is 5.22. The Hall–Kier alpha value is -2.10. The molecule has 1 aromatic heterocycles. The fourth-order valence-corrected chi connectivity index (χ4v) is 2.77. The van der Waals surface area contributed by atoms with Crippen LogP contribution in [0, 0.1) is 5.92 Å². The zero-order valence-electron chi connectivity index (χ0n) is 14.0. The monoisotopic (exact) mass is 355 g/mol. The number of urea groups is 1. The fraction of sp³-hybridized carbons (Fsp3) is 0.643. The maximum Gasteiger partial charge on any atom is 0.321 e. The smallest absolute Gasteiger partial charge is 0.321 e. The summed E-state index contributed by atoms with van der Waals surface area (Å²) in [7, 11) is 0. The number of imide groups is 1. The Labute approximate surface area is 143 Å². The van der Waals surface area contributed by atoms with Crippen molar-refractivity contribution in [2.24, 2.45) is 5.92 Å². The number of nitrogens with zero attached hydrogens (tertiary/aromatic N) is 2. The van der Waals surface area contributed by atoms with Crippen LogP contribution in [0.1, 0.15) is 33.6 Å². The first-order valence-corrected chi connectivity index (χ1v) is 8.50. The minimum absolute atomic E-state index is 0.129. The van der Waals surface area contributed by atoms with E-state index >= 15 is 0 Å². The van der Waals surface area contributed by atoms with Gasteiger partial charge in [0.15, 0.2) is 0 Å². The number of rotatable bonds is 5. The molecule has 0 bridgehead atoms. The zero-order chi connectivity index (χ0) is 17.9. The number of aromatic nitrogens is 2. The predicted octanol–water partition coefficient (Wildman–Crippen LogP) is 0.463. The van der Waals surface area contributed by atoms with E-state index in [1.54, 1.807) is 6.92 Å². The van der Waals surface area contributed by atoms with Gasteiger partial charge in [-0.05, 0) is 27.7 Å². The molecule has 1 saturated heterocycles. The van der Waals surface area contributed by atoms with Crippen LogP contribution in [0.3, 0.4) is 0 Å². The minimum atomic E-state index is -0.504. The normalized spacial score (nSPS) is 21.2. The van der Waals surface area contributed by atoms with Gasteiger partial charge < -0.3 is 15.1 Å². The summed E-state index contributed by atoms with van der Waals surface area (Å²) in [6.07, 6.45) is 0.217. The van der Waals surface area contributed by atoms with E-state index in [1.165, 1.54) is 0 Å². The van der Waals surface area contributed by atoms with Crippen molar-refractivity contribution in [2.45, 2.75) is 50.9 Å². The number of carbonyl (C=O) groups excluding carboxylic acids is 3. The molecule has 0 spiro atoms. The van der Waals surface area contributed by atoms with Crippen LogP contribution in [0.5, 0.6) is 0 Å². The summed E-state index contributed by atoms with van der Waals surface area (Å²) in [6.45, 7) is 7.44. The Kier molecular flexibility index (Phi) is 5.47. The van der Waals surface area contributed by atoms with Crippen LogP contribution in [0.25, 0.3) is 0 Å². The number of nitrogens with one attached hydrogen (secondary N) is 3. The van der Waals surface area contributed by atoms with Gasteiger partial charge in [0.2, 0.25) is 17.7 Å². The van der Waals surface area contributed by atoms with Gasteiger partial charge >= 0.3 is 6.03 Å². The van der Waals surface area contributed by atoms with Gasteiger partial charge in [0.25, 0.3) is 5.22 Å². The van der Waals surface area contributed by atoms with Crippen LogP contribution in [0.4, 0.5) is 4.79 Å². The molecule has 0 aliphatic carbocycles. The Bertz CT molecular complexity index is 639. The molecule has 2 unspecified atom stereocenters. The van der Waals surface area contributed by atoms with E-state index in [0.29, 0.717) is 0 Å². The van der Waals surface area contributed by atoms with Crippen LogP contribution in [-0.2, 0) is 16.0 Å². The molecular formula is C14H21N5O4S. The first kappa shape index (κ1) is 18.2. The van der Waals surface area contributed by atoms with E-state index in [0.717, 1.165) is 11.8 Å². The Morgan fingerprint density at radius 2 is 2.04 bits per heavy atom. The van der Waals surface area contributed by atoms with Gasteiger partial charge in [-0.25, -0.2) is 4.79 Å². The quantitative estimate of drug-likeness (QED) is 0.655. The van der Waals surface area contributed by atoms with E-state index < -0.39 is 11.9 Å². The second kappa shape index (κ2) is 7.20. The van der Waals surface area contributed by atoms with E-state index in [2.05, 4.69) is 26.1 Å². The molecule has 10 heteroatoms. The molecule has 0 saturated carbocycles. The van der Waals surface area contributed by atoms with Gasteiger partial charge in [-0.15, -0.1) is 10.2 Å². The summed E-state index contributed by atoms with van der Waals surface area (Å²) >= 11 is 1.13. The van der Waals surface area contributed by atoms with Gasteiger partial charge in [-0.3, -0.25) is 14.9 Å². The molecule has 0 radical (unpaired) electrons. The van der Waals surface area contributed by atoms with Gasteiger partial charge in [0.1, 0.15) is 0 Å². The molecular weight excluding hydrogens is 334 g/mol. The van der Waals surface area contributed by atoms with Crippen molar-refractivity contribution in [3.8, 4) is 0 Å². The SMILES string of the molecule is CC1NC(=O)NC(=O)C1Cc1nnc(SCC(=O)NC(C)(C)C)o1. The van der Waals surface area contributed by atoms with Crippen LogP contribution >= 0.6 is 11.8 Å². The molecule has 132 valence electrons. The summed E-state index contributed by atoms with van der Waals surface area (Å²) in [5.74, 6) is -0.532. The first-order chi connectivity index (χ1) is 11.1. The lowest BCUT2D eigenvalue weighted by Crippen LogP contribution is -2.57. The van der Waals surface area contributed by atoms with Crippen molar-refractivity contribution < 1.29 is 18.8 Å². The number of thioether (sulfide) groups is 1. The molecule has 1 aliphatic rings. The lowest BCUT2D eigenvalue weighted by Gasteiger charge is -2.27. The summed E-state index contributed by atoms with van der Waals surface area (Å²) in [6, 6.07) is -0.831. The fourth-order valence-electron chi connectivity index (χ4n) is 2.19. The Morgan fingerprint density at radius 1 is 1.33 bits per heavy atom. The second-order valence-electron chi connectivity index (χ2n) is 6.61. The third-order valence-corrected chi connectivity index (χ3v) is 4.04. The summed E-state index contributed by atoms with van der Waals surface area (Å²) in [5, 5.41) is 15.7. The topological polar surface area (TPSA) is 126 Å². The molecule has 2 atom stereocenters. The van der Waals surface area contributed by atoms with Crippen molar-refractivity contribution in [1.29, 1.82) is 0 Å². The molecule has 1 aliphatic heterocycles. The van der Waals surface area contributed by atoms with Crippen LogP contribution in [0.2, 0.25) is 0 Å². The molecule has 2 heterocycles. The maximum atomic E-state index is 11.9. The standard InChI is InChI=1S/C14H21N5O4S/c1-7-8(11(21)16-12(22)15-7)5-10-18-19-13(23-10)24-6-9(20)17-14(2,3)4/h7-8H,5-6H2,1-4H3,(H,17,20)(H2,15,16,21,22). The lowest BCUT2D eigenvalue weighted by molar-refractivity contribution is -0.125. The Morgan fingerprint density at radius 3 is 2.67 bits per heavy atom. The number of amides is 4. The number of hydrogen-bond donors (Lipinski definition) is 3. The molecule has 4 amide bonds. The van der Waals surface area contributed by atoms with E-state index in [4.69, 9.17) is 4.42 Å². The predicted molar refractivity (Wildman–Crippen MR) is 86.2 cm³/mol. The minimum Gasteiger partial charge on any atom is -0.416 e. The molecule has 1 fully saturated rings. The summed E-state index contributed by atoms with van der Waals surface area (Å²) in [5.41, 5.74) is -0.299. The largest absolute Gasteiger partial charge is 0.416 e. The van der Waals surface area contributed by atoms with Gasteiger partial charge in [0.05, 0.1) is 11.7 Å². The highest BCUT2D eigenvalue weighted by Crippen LogP contribution is 2.20. The second-order valence-corrected chi connectivity index (χ2v) is 7.54. The molecule has 3 N–H and O–H groups in total.